The third kappa shape index (κ3) is 1.54. The lowest BCUT2D eigenvalue weighted by molar-refractivity contribution is 0.212. The number of rotatable bonds is 3. The predicted octanol–water partition coefficient (Wildman–Crippen LogP) is 1.66. The van der Waals surface area contributed by atoms with Gasteiger partial charge >= 0.3 is 0 Å². The molecule has 88 valence electrons. The van der Waals surface area contributed by atoms with E-state index in [2.05, 4.69) is 17.1 Å². The maximum atomic E-state index is 9.46. The standard InChI is InChI=1S/C14H16N2O/c15-8-14(9-17)5-13(14)12-7-16-6-10-3-1-2-4-11(10)12/h1-4,6-7,13,17H,5,8-9,15H2. The number of benzene rings is 1. The van der Waals surface area contributed by atoms with Crippen molar-refractivity contribution >= 4 is 10.8 Å². The monoisotopic (exact) mass is 228 g/mol. The van der Waals surface area contributed by atoms with Gasteiger partial charge in [0, 0.05) is 29.7 Å². The van der Waals surface area contributed by atoms with Gasteiger partial charge in [-0.05, 0) is 23.3 Å². The Labute approximate surface area is 100 Å². The first-order valence-corrected chi connectivity index (χ1v) is 5.94. The quantitative estimate of drug-likeness (QED) is 0.840. The molecular formula is C14H16N2O. The highest BCUT2D eigenvalue weighted by Gasteiger charge is 2.53. The van der Waals surface area contributed by atoms with Crippen molar-refractivity contribution in [3.8, 4) is 0 Å². The van der Waals surface area contributed by atoms with E-state index >= 15 is 0 Å². The third-order valence-corrected chi connectivity index (χ3v) is 3.99. The summed E-state index contributed by atoms with van der Waals surface area (Å²) >= 11 is 0. The van der Waals surface area contributed by atoms with Crippen molar-refractivity contribution in [1.29, 1.82) is 0 Å². The molecule has 3 nitrogen and oxygen atoms in total. The lowest BCUT2D eigenvalue weighted by atomic mass is 9.97. The van der Waals surface area contributed by atoms with E-state index in [1.54, 1.807) is 0 Å². The van der Waals surface area contributed by atoms with Crippen LogP contribution in [-0.4, -0.2) is 23.2 Å². The highest BCUT2D eigenvalue weighted by molar-refractivity contribution is 5.85. The summed E-state index contributed by atoms with van der Waals surface area (Å²) in [6.07, 6.45) is 4.76. The molecule has 3 heteroatoms. The number of aliphatic hydroxyl groups excluding tert-OH is 1. The molecule has 3 N–H and O–H groups in total. The highest BCUT2D eigenvalue weighted by atomic mass is 16.3. The van der Waals surface area contributed by atoms with Crippen molar-refractivity contribution < 1.29 is 5.11 Å². The van der Waals surface area contributed by atoms with Gasteiger partial charge in [0.15, 0.2) is 0 Å². The maximum Gasteiger partial charge on any atom is 0.0505 e. The Hall–Kier alpha value is -1.45. The van der Waals surface area contributed by atoms with Gasteiger partial charge in [0.25, 0.3) is 0 Å². The van der Waals surface area contributed by atoms with Gasteiger partial charge in [0.05, 0.1) is 6.61 Å². The number of hydrogen-bond acceptors (Lipinski definition) is 3. The lowest BCUT2D eigenvalue weighted by Crippen LogP contribution is -2.21. The third-order valence-electron chi connectivity index (χ3n) is 3.99. The van der Waals surface area contributed by atoms with Crippen molar-refractivity contribution in [2.45, 2.75) is 12.3 Å². The van der Waals surface area contributed by atoms with Crippen LogP contribution < -0.4 is 5.73 Å². The molecule has 1 fully saturated rings. The fraction of sp³-hybridized carbons (Fsp3) is 0.357. The van der Waals surface area contributed by atoms with E-state index in [-0.39, 0.29) is 12.0 Å². The minimum atomic E-state index is -0.105. The van der Waals surface area contributed by atoms with E-state index in [1.807, 2.05) is 24.5 Å². The van der Waals surface area contributed by atoms with E-state index < -0.39 is 0 Å². The van der Waals surface area contributed by atoms with Gasteiger partial charge < -0.3 is 10.8 Å². The highest BCUT2D eigenvalue weighted by Crippen LogP contribution is 2.59. The lowest BCUT2D eigenvalue weighted by Gasteiger charge is -2.12. The molecule has 1 aliphatic rings. The first-order valence-electron chi connectivity index (χ1n) is 5.94. The number of nitrogens with zero attached hydrogens (tertiary/aromatic N) is 1. The Bertz CT molecular complexity index is 543. The van der Waals surface area contributed by atoms with Crippen LogP contribution in [0.3, 0.4) is 0 Å². The zero-order valence-electron chi connectivity index (χ0n) is 9.63. The number of hydrogen-bond donors (Lipinski definition) is 2. The maximum absolute atomic E-state index is 9.46. The SMILES string of the molecule is NCC1(CO)CC1c1cncc2ccccc12. The van der Waals surface area contributed by atoms with Crippen LogP contribution in [-0.2, 0) is 0 Å². The fourth-order valence-corrected chi connectivity index (χ4v) is 2.67. The molecule has 0 spiro atoms. The van der Waals surface area contributed by atoms with Crippen LogP contribution in [0.5, 0.6) is 0 Å². The molecule has 1 saturated carbocycles. The number of nitrogens with two attached hydrogens (primary N) is 1. The average Bonchev–Trinajstić information content (AvgIpc) is 3.13. The van der Waals surface area contributed by atoms with Crippen LogP contribution in [0.4, 0.5) is 0 Å². The molecule has 2 atom stereocenters. The largest absolute Gasteiger partial charge is 0.396 e. The molecule has 0 saturated heterocycles. The van der Waals surface area contributed by atoms with Crippen molar-refractivity contribution in [1.82, 2.24) is 4.98 Å². The van der Waals surface area contributed by atoms with Crippen molar-refractivity contribution in [2.75, 3.05) is 13.2 Å². The first kappa shape index (κ1) is 10.7. The molecule has 1 aromatic carbocycles. The summed E-state index contributed by atoms with van der Waals surface area (Å²) in [5, 5.41) is 11.8. The van der Waals surface area contributed by atoms with Crippen LogP contribution in [0.15, 0.2) is 36.7 Å². The van der Waals surface area contributed by atoms with E-state index in [0.29, 0.717) is 12.5 Å². The van der Waals surface area contributed by atoms with E-state index in [1.165, 1.54) is 10.9 Å². The summed E-state index contributed by atoms with van der Waals surface area (Å²) in [6, 6.07) is 8.24. The predicted molar refractivity (Wildman–Crippen MR) is 67.7 cm³/mol. The zero-order valence-corrected chi connectivity index (χ0v) is 9.63. The Morgan fingerprint density at radius 2 is 2.18 bits per heavy atom. The molecule has 0 radical (unpaired) electrons. The number of aliphatic hydroxyl groups is 1. The molecule has 0 aliphatic heterocycles. The summed E-state index contributed by atoms with van der Waals surface area (Å²) < 4.78 is 0. The Kier molecular flexibility index (Phi) is 2.38. The van der Waals surface area contributed by atoms with Crippen LogP contribution in [0.1, 0.15) is 17.9 Å². The summed E-state index contributed by atoms with van der Waals surface area (Å²) in [4.78, 5) is 4.29. The molecule has 3 rings (SSSR count). The van der Waals surface area contributed by atoms with Crippen molar-refractivity contribution in [2.24, 2.45) is 11.1 Å². The Balaban J connectivity index is 2.08. The molecule has 2 unspecified atom stereocenters. The van der Waals surface area contributed by atoms with E-state index in [9.17, 15) is 5.11 Å². The molecular weight excluding hydrogens is 212 g/mol. The average molecular weight is 228 g/mol. The molecule has 1 heterocycles. The van der Waals surface area contributed by atoms with Crippen molar-refractivity contribution in [3.63, 3.8) is 0 Å². The van der Waals surface area contributed by atoms with Gasteiger partial charge in [0.2, 0.25) is 0 Å². The second kappa shape index (κ2) is 3.79. The molecule has 1 aliphatic carbocycles. The van der Waals surface area contributed by atoms with Gasteiger partial charge in [0.1, 0.15) is 0 Å². The summed E-state index contributed by atoms with van der Waals surface area (Å²) in [6.45, 7) is 0.703. The van der Waals surface area contributed by atoms with Gasteiger partial charge in [-0.3, -0.25) is 4.98 Å². The van der Waals surface area contributed by atoms with Crippen molar-refractivity contribution in [3.05, 3.63) is 42.2 Å². The molecule has 1 aromatic heterocycles. The Morgan fingerprint density at radius 3 is 2.88 bits per heavy atom. The topological polar surface area (TPSA) is 59.1 Å². The number of aromatic nitrogens is 1. The molecule has 0 amide bonds. The zero-order chi connectivity index (χ0) is 11.9. The second-order valence-corrected chi connectivity index (χ2v) is 4.93. The van der Waals surface area contributed by atoms with Gasteiger partial charge in [-0.1, -0.05) is 24.3 Å². The summed E-state index contributed by atoms with van der Waals surface area (Å²) in [5.41, 5.74) is 6.89. The molecule has 0 bridgehead atoms. The van der Waals surface area contributed by atoms with Crippen LogP contribution >= 0.6 is 0 Å². The minimum absolute atomic E-state index is 0.105. The Morgan fingerprint density at radius 1 is 1.35 bits per heavy atom. The summed E-state index contributed by atoms with van der Waals surface area (Å²) in [7, 11) is 0. The van der Waals surface area contributed by atoms with Crippen LogP contribution in [0.2, 0.25) is 0 Å². The fourth-order valence-electron chi connectivity index (χ4n) is 2.67. The van der Waals surface area contributed by atoms with E-state index in [0.717, 1.165) is 11.8 Å². The molecule has 2 aromatic rings. The van der Waals surface area contributed by atoms with Crippen LogP contribution in [0.25, 0.3) is 10.8 Å². The second-order valence-electron chi connectivity index (χ2n) is 4.93. The smallest absolute Gasteiger partial charge is 0.0505 e. The van der Waals surface area contributed by atoms with Crippen LogP contribution in [0, 0.1) is 5.41 Å². The van der Waals surface area contributed by atoms with E-state index in [4.69, 9.17) is 5.73 Å². The van der Waals surface area contributed by atoms with Gasteiger partial charge in [-0.15, -0.1) is 0 Å². The summed E-state index contributed by atoms with van der Waals surface area (Å²) in [5.74, 6) is 0.358. The number of fused-ring (bicyclic) bond motifs is 1. The normalized spacial score (nSPS) is 27.3. The molecule has 17 heavy (non-hydrogen) atoms. The van der Waals surface area contributed by atoms with Gasteiger partial charge in [-0.25, -0.2) is 0 Å². The van der Waals surface area contributed by atoms with Gasteiger partial charge in [-0.2, -0.15) is 0 Å². The number of pyridine rings is 1. The minimum Gasteiger partial charge on any atom is -0.396 e. The first-order chi connectivity index (χ1) is 8.30.